The Morgan fingerprint density at radius 1 is 0.969 bits per heavy atom. The van der Waals surface area contributed by atoms with Crippen LogP contribution in [0.4, 0.5) is 0 Å². The number of methoxy groups -OCH3 is 1. The number of hydrogen-bond acceptors (Lipinski definition) is 11. The van der Waals surface area contributed by atoms with E-state index in [9.17, 15) is 35.4 Å². The molecule has 6 N–H and O–H groups in total. The summed E-state index contributed by atoms with van der Waals surface area (Å²) in [7, 11) is 1.36. The van der Waals surface area contributed by atoms with Crippen molar-refractivity contribution in [2.75, 3.05) is 13.7 Å². The van der Waals surface area contributed by atoms with Crippen LogP contribution in [-0.4, -0.2) is 69.0 Å². The Morgan fingerprint density at radius 2 is 1.72 bits per heavy atom. The largest absolute Gasteiger partial charge is 0.507 e. The molecule has 0 spiro atoms. The van der Waals surface area contributed by atoms with E-state index in [0.717, 1.165) is 12.1 Å². The lowest BCUT2D eigenvalue weighted by atomic mass is 10.1. The minimum Gasteiger partial charge on any atom is -0.507 e. The average molecular weight is 448 g/mol. The average Bonchev–Trinajstić information content (AvgIpc) is 2.76. The van der Waals surface area contributed by atoms with Crippen molar-refractivity contribution in [2.24, 2.45) is 0 Å². The van der Waals surface area contributed by atoms with Crippen LogP contribution in [0.15, 0.2) is 39.5 Å². The van der Waals surface area contributed by atoms with E-state index in [1.54, 1.807) is 0 Å². The van der Waals surface area contributed by atoms with Crippen molar-refractivity contribution < 1.29 is 49.3 Å². The zero-order valence-electron chi connectivity index (χ0n) is 16.6. The van der Waals surface area contributed by atoms with E-state index in [1.165, 1.54) is 25.3 Å². The molecule has 0 saturated carbocycles. The van der Waals surface area contributed by atoms with Crippen LogP contribution in [0.1, 0.15) is 0 Å². The quantitative estimate of drug-likeness (QED) is 0.304. The summed E-state index contributed by atoms with van der Waals surface area (Å²) in [5.41, 5.74) is -0.796. The van der Waals surface area contributed by atoms with E-state index in [4.69, 9.17) is 18.6 Å². The number of rotatable bonds is 4. The lowest BCUT2D eigenvalue weighted by molar-refractivity contribution is -0.242. The number of phenols is 3. The first kappa shape index (κ1) is 21.7. The van der Waals surface area contributed by atoms with E-state index in [0.29, 0.717) is 0 Å². The van der Waals surface area contributed by atoms with Gasteiger partial charge in [0.15, 0.2) is 17.3 Å². The standard InChI is InChI=1S/C21H20O11/c1-29-9-5-12(24)15-14(6-9)31-19(8-2-3-10(22)11(23)4-8)20(17(15)27)32-21-18(28)16(26)13(25)7-30-21/h2-6,13,16,18,21-26,28H,7H2,1H3/t13-,16?,18?,21-/m0/s1. The molecular formula is C21H20O11. The van der Waals surface area contributed by atoms with Gasteiger partial charge in [-0.1, -0.05) is 0 Å². The van der Waals surface area contributed by atoms with Crippen LogP contribution in [0, 0.1) is 0 Å². The van der Waals surface area contributed by atoms with Crippen molar-refractivity contribution >= 4 is 11.0 Å². The number of phenolic OH excluding ortho intramolecular Hbond substituents is 3. The van der Waals surface area contributed by atoms with Crippen molar-refractivity contribution in [1.29, 1.82) is 0 Å². The Morgan fingerprint density at radius 3 is 2.41 bits per heavy atom. The molecule has 0 aliphatic carbocycles. The van der Waals surface area contributed by atoms with Gasteiger partial charge in [0.2, 0.25) is 17.5 Å². The number of aliphatic hydroxyl groups excluding tert-OH is 3. The summed E-state index contributed by atoms with van der Waals surface area (Å²) in [6, 6.07) is 6.16. The van der Waals surface area contributed by atoms with Crippen LogP contribution in [-0.2, 0) is 4.74 Å². The van der Waals surface area contributed by atoms with Crippen LogP contribution >= 0.6 is 0 Å². The van der Waals surface area contributed by atoms with Crippen molar-refractivity contribution in [2.45, 2.75) is 24.6 Å². The van der Waals surface area contributed by atoms with Gasteiger partial charge in [-0.2, -0.15) is 0 Å². The van der Waals surface area contributed by atoms with Crippen LogP contribution < -0.4 is 14.9 Å². The number of ether oxygens (including phenoxy) is 3. The summed E-state index contributed by atoms with van der Waals surface area (Å²) in [5, 5.41) is 59.4. The fourth-order valence-electron chi connectivity index (χ4n) is 3.34. The zero-order chi connectivity index (χ0) is 23.2. The van der Waals surface area contributed by atoms with Gasteiger partial charge in [-0.25, -0.2) is 0 Å². The van der Waals surface area contributed by atoms with Crippen molar-refractivity contribution in [3.05, 3.63) is 40.6 Å². The van der Waals surface area contributed by atoms with E-state index in [-0.39, 0.29) is 34.6 Å². The van der Waals surface area contributed by atoms with Crippen LogP contribution in [0.25, 0.3) is 22.3 Å². The van der Waals surface area contributed by atoms with E-state index >= 15 is 0 Å². The molecule has 0 bridgehead atoms. The number of fused-ring (bicyclic) bond motifs is 1. The van der Waals surface area contributed by atoms with E-state index < -0.39 is 53.0 Å². The van der Waals surface area contributed by atoms with Gasteiger partial charge in [0, 0.05) is 17.7 Å². The molecule has 1 aliphatic heterocycles. The Balaban J connectivity index is 1.92. The summed E-state index contributed by atoms with van der Waals surface area (Å²) in [6.07, 6.45) is -6.22. The van der Waals surface area contributed by atoms with Gasteiger partial charge in [-0.15, -0.1) is 0 Å². The molecule has 4 rings (SSSR count). The Kier molecular flexibility index (Phi) is 5.57. The topological polar surface area (TPSA) is 179 Å². The molecule has 2 aromatic carbocycles. The minimum absolute atomic E-state index is 0.0673. The number of hydrogen-bond donors (Lipinski definition) is 6. The lowest BCUT2D eigenvalue weighted by Crippen LogP contribution is -2.55. The number of benzene rings is 2. The maximum atomic E-state index is 13.3. The van der Waals surface area contributed by atoms with Gasteiger partial charge >= 0.3 is 0 Å². The number of aliphatic hydroxyl groups is 3. The van der Waals surface area contributed by atoms with Crippen LogP contribution in [0.5, 0.6) is 28.7 Å². The summed E-state index contributed by atoms with van der Waals surface area (Å²) in [4.78, 5) is 13.3. The Labute approximate surface area is 179 Å². The highest BCUT2D eigenvalue weighted by atomic mass is 16.7. The monoisotopic (exact) mass is 448 g/mol. The summed E-state index contributed by atoms with van der Waals surface area (Å²) < 4.78 is 21.6. The first-order valence-electron chi connectivity index (χ1n) is 9.44. The predicted molar refractivity (Wildman–Crippen MR) is 108 cm³/mol. The maximum absolute atomic E-state index is 13.3. The molecule has 170 valence electrons. The molecule has 1 aromatic heterocycles. The molecule has 0 amide bonds. The van der Waals surface area contributed by atoms with Gasteiger partial charge < -0.3 is 49.3 Å². The molecule has 3 aromatic rings. The van der Waals surface area contributed by atoms with Crippen molar-refractivity contribution in [3.63, 3.8) is 0 Å². The number of aromatic hydroxyl groups is 3. The van der Waals surface area contributed by atoms with E-state index in [1.807, 2.05) is 0 Å². The Bertz CT molecular complexity index is 1220. The lowest BCUT2D eigenvalue weighted by Gasteiger charge is -2.34. The summed E-state index contributed by atoms with van der Waals surface area (Å²) >= 11 is 0. The van der Waals surface area contributed by atoms with Crippen molar-refractivity contribution in [1.82, 2.24) is 0 Å². The molecule has 2 heterocycles. The highest BCUT2D eigenvalue weighted by Gasteiger charge is 2.40. The molecular weight excluding hydrogens is 428 g/mol. The fourth-order valence-corrected chi connectivity index (χ4v) is 3.34. The summed E-state index contributed by atoms with van der Waals surface area (Å²) in [6.45, 7) is -0.375. The van der Waals surface area contributed by atoms with Gasteiger partial charge in [0.1, 0.15) is 40.8 Å². The highest BCUT2D eigenvalue weighted by molar-refractivity contribution is 5.88. The second-order valence-corrected chi connectivity index (χ2v) is 7.18. The fraction of sp³-hybridized carbons (Fsp3) is 0.286. The highest BCUT2D eigenvalue weighted by Crippen LogP contribution is 2.39. The first-order chi connectivity index (χ1) is 15.2. The molecule has 1 aliphatic rings. The zero-order valence-corrected chi connectivity index (χ0v) is 16.6. The normalized spacial score (nSPS) is 23.2. The van der Waals surface area contributed by atoms with Gasteiger partial charge in [0.25, 0.3) is 0 Å². The second kappa shape index (κ2) is 8.20. The third-order valence-corrected chi connectivity index (χ3v) is 5.07. The van der Waals surface area contributed by atoms with Crippen LogP contribution in [0.2, 0.25) is 0 Å². The maximum Gasteiger partial charge on any atom is 0.239 e. The molecule has 1 saturated heterocycles. The molecule has 0 radical (unpaired) electrons. The molecule has 4 atom stereocenters. The molecule has 32 heavy (non-hydrogen) atoms. The molecule has 2 unspecified atom stereocenters. The molecule has 11 heteroatoms. The Hall–Kier alpha value is -3.51. The third-order valence-electron chi connectivity index (χ3n) is 5.07. The smallest absolute Gasteiger partial charge is 0.239 e. The molecule has 1 fully saturated rings. The SMILES string of the molecule is COc1cc(O)c2c(=O)c(O[C@@H]3OC[C@H](O)C(O)C3O)c(-c3ccc(O)c(O)c3)oc2c1. The van der Waals surface area contributed by atoms with Gasteiger partial charge in [-0.3, -0.25) is 4.79 Å². The van der Waals surface area contributed by atoms with E-state index in [2.05, 4.69) is 0 Å². The third kappa shape index (κ3) is 3.67. The summed E-state index contributed by atoms with van der Waals surface area (Å²) in [5.74, 6) is -1.90. The molecule has 11 nitrogen and oxygen atoms in total. The second-order valence-electron chi connectivity index (χ2n) is 7.18. The van der Waals surface area contributed by atoms with Gasteiger partial charge in [0.05, 0.1) is 13.7 Å². The van der Waals surface area contributed by atoms with Crippen LogP contribution in [0.3, 0.4) is 0 Å². The minimum atomic E-state index is -1.71. The van der Waals surface area contributed by atoms with Gasteiger partial charge in [-0.05, 0) is 18.2 Å². The predicted octanol–water partition coefficient (Wildman–Crippen LogP) is 0.403. The van der Waals surface area contributed by atoms with Crippen molar-refractivity contribution in [3.8, 4) is 40.1 Å². The first-order valence-corrected chi connectivity index (χ1v) is 9.44.